The van der Waals surface area contributed by atoms with E-state index < -0.39 is 0 Å². The zero-order valence-corrected chi connectivity index (χ0v) is 12.3. The molecule has 1 saturated carbocycles. The molecule has 0 aromatic heterocycles. The molecule has 0 amide bonds. The molecular formula is C17H27N. The molecule has 0 heterocycles. The smallest absolute Gasteiger partial charge is 0.0409 e. The third kappa shape index (κ3) is 2.61. The first-order chi connectivity index (χ1) is 8.41. The summed E-state index contributed by atoms with van der Waals surface area (Å²) in [6, 6.07) is 6.72. The van der Waals surface area contributed by atoms with Crippen molar-refractivity contribution in [3.63, 3.8) is 0 Å². The van der Waals surface area contributed by atoms with Crippen molar-refractivity contribution < 1.29 is 0 Å². The molecule has 2 rings (SSSR count). The van der Waals surface area contributed by atoms with Crippen LogP contribution in [0.2, 0.25) is 0 Å². The number of rotatable bonds is 2. The van der Waals surface area contributed by atoms with Crippen LogP contribution in [0.4, 0.5) is 0 Å². The van der Waals surface area contributed by atoms with Gasteiger partial charge in [0.1, 0.15) is 0 Å². The normalized spacial score (nSPS) is 27.8. The molecule has 100 valence electrons. The van der Waals surface area contributed by atoms with Crippen LogP contribution in [0.1, 0.15) is 56.2 Å². The summed E-state index contributed by atoms with van der Waals surface area (Å²) in [5, 5.41) is 0. The Bertz CT molecular complexity index is 412. The van der Waals surface area contributed by atoms with Gasteiger partial charge in [-0.15, -0.1) is 0 Å². The van der Waals surface area contributed by atoms with Gasteiger partial charge in [-0.05, 0) is 62.1 Å². The Morgan fingerprint density at radius 1 is 1.06 bits per heavy atom. The van der Waals surface area contributed by atoms with Crippen LogP contribution in [0, 0.1) is 25.7 Å². The molecule has 0 aliphatic heterocycles. The van der Waals surface area contributed by atoms with Crippen molar-refractivity contribution in [2.24, 2.45) is 17.6 Å². The van der Waals surface area contributed by atoms with Crippen LogP contribution in [-0.2, 0) is 5.54 Å². The van der Waals surface area contributed by atoms with E-state index in [0.29, 0.717) is 5.92 Å². The molecule has 1 fully saturated rings. The highest BCUT2D eigenvalue weighted by molar-refractivity contribution is 5.34. The highest BCUT2D eigenvalue weighted by Crippen LogP contribution is 2.39. The molecule has 1 aliphatic carbocycles. The molecular weight excluding hydrogens is 218 g/mol. The van der Waals surface area contributed by atoms with Crippen molar-refractivity contribution >= 4 is 0 Å². The zero-order chi connectivity index (χ0) is 13.3. The maximum atomic E-state index is 6.68. The predicted molar refractivity (Wildman–Crippen MR) is 78.6 cm³/mol. The summed E-state index contributed by atoms with van der Waals surface area (Å²) >= 11 is 0. The Balaban J connectivity index is 2.21. The molecule has 2 N–H and O–H groups in total. The molecule has 0 saturated heterocycles. The lowest BCUT2D eigenvalue weighted by Gasteiger charge is -2.39. The Kier molecular flexibility index (Phi) is 3.82. The van der Waals surface area contributed by atoms with Crippen LogP contribution < -0.4 is 5.73 Å². The molecule has 1 unspecified atom stereocenters. The van der Waals surface area contributed by atoms with E-state index in [9.17, 15) is 0 Å². The van der Waals surface area contributed by atoms with Gasteiger partial charge in [-0.2, -0.15) is 0 Å². The van der Waals surface area contributed by atoms with Gasteiger partial charge in [-0.3, -0.25) is 0 Å². The van der Waals surface area contributed by atoms with Crippen molar-refractivity contribution in [1.29, 1.82) is 0 Å². The zero-order valence-electron chi connectivity index (χ0n) is 12.3. The van der Waals surface area contributed by atoms with E-state index in [2.05, 4.69) is 45.9 Å². The molecule has 0 radical (unpaired) electrons. The third-order valence-electron chi connectivity index (χ3n) is 4.99. The minimum atomic E-state index is -0.168. The Hall–Kier alpha value is -0.820. The van der Waals surface area contributed by atoms with Crippen molar-refractivity contribution in [3.05, 3.63) is 34.9 Å². The summed E-state index contributed by atoms with van der Waals surface area (Å²) in [4.78, 5) is 0. The van der Waals surface area contributed by atoms with E-state index in [0.717, 1.165) is 5.92 Å². The summed E-state index contributed by atoms with van der Waals surface area (Å²) in [6.45, 7) is 8.92. The minimum Gasteiger partial charge on any atom is -0.321 e. The lowest BCUT2D eigenvalue weighted by Crippen LogP contribution is -2.42. The van der Waals surface area contributed by atoms with Crippen molar-refractivity contribution in [1.82, 2.24) is 0 Å². The van der Waals surface area contributed by atoms with E-state index in [1.807, 2.05) is 0 Å². The van der Waals surface area contributed by atoms with Crippen LogP contribution in [0.5, 0.6) is 0 Å². The maximum absolute atomic E-state index is 6.68. The van der Waals surface area contributed by atoms with Crippen LogP contribution >= 0.6 is 0 Å². The first-order valence-electron chi connectivity index (χ1n) is 7.28. The molecule has 0 bridgehead atoms. The van der Waals surface area contributed by atoms with Gasteiger partial charge in [0.2, 0.25) is 0 Å². The molecule has 1 heteroatoms. The summed E-state index contributed by atoms with van der Waals surface area (Å²) in [7, 11) is 0. The quantitative estimate of drug-likeness (QED) is 0.826. The molecule has 0 spiro atoms. The largest absolute Gasteiger partial charge is 0.321 e. The standard InChI is InChI=1S/C17H27N/c1-12-5-8-15(9-6-12)17(4,18)16-10-7-13(2)14(3)11-16/h7,10-12,15H,5-6,8-9,18H2,1-4H3. The second-order valence-corrected chi connectivity index (χ2v) is 6.54. The number of aryl methyl sites for hydroxylation is 2. The highest BCUT2D eigenvalue weighted by Gasteiger charge is 2.34. The van der Waals surface area contributed by atoms with Crippen molar-refractivity contribution in [3.8, 4) is 0 Å². The van der Waals surface area contributed by atoms with Gasteiger partial charge in [0.25, 0.3) is 0 Å². The van der Waals surface area contributed by atoms with Crippen LogP contribution in [0.15, 0.2) is 18.2 Å². The average Bonchev–Trinajstić information content (AvgIpc) is 2.33. The SMILES string of the molecule is Cc1ccc(C(C)(N)C2CCC(C)CC2)cc1C. The third-order valence-corrected chi connectivity index (χ3v) is 4.99. The van der Waals surface area contributed by atoms with E-state index in [4.69, 9.17) is 5.73 Å². The predicted octanol–water partition coefficient (Wildman–Crippen LogP) is 4.30. The molecule has 1 nitrogen and oxygen atoms in total. The first-order valence-corrected chi connectivity index (χ1v) is 7.28. The van der Waals surface area contributed by atoms with E-state index in [1.54, 1.807) is 0 Å². The van der Waals surface area contributed by atoms with E-state index in [-0.39, 0.29) is 5.54 Å². The molecule has 1 aromatic carbocycles. The summed E-state index contributed by atoms with van der Waals surface area (Å²) in [6.07, 6.45) is 5.23. The van der Waals surface area contributed by atoms with Crippen molar-refractivity contribution in [2.45, 2.75) is 58.9 Å². The summed E-state index contributed by atoms with van der Waals surface area (Å²) < 4.78 is 0. The topological polar surface area (TPSA) is 26.0 Å². The minimum absolute atomic E-state index is 0.168. The van der Waals surface area contributed by atoms with Gasteiger partial charge < -0.3 is 5.73 Å². The molecule has 18 heavy (non-hydrogen) atoms. The Morgan fingerprint density at radius 3 is 2.22 bits per heavy atom. The van der Waals surface area contributed by atoms with Gasteiger partial charge in [0.05, 0.1) is 0 Å². The van der Waals surface area contributed by atoms with Crippen molar-refractivity contribution in [2.75, 3.05) is 0 Å². The molecule has 1 atom stereocenters. The van der Waals surface area contributed by atoms with Crippen LogP contribution in [-0.4, -0.2) is 0 Å². The average molecular weight is 245 g/mol. The summed E-state index contributed by atoms with van der Waals surface area (Å²) in [5.41, 5.74) is 10.5. The number of hydrogen-bond donors (Lipinski definition) is 1. The maximum Gasteiger partial charge on any atom is 0.0409 e. The monoisotopic (exact) mass is 245 g/mol. The van der Waals surface area contributed by atoms with Gasteiger partial charge >= 0.3 is 0 Å². The summed E-state index contributed by atoms with van der Waals surface area (Å²) in [5.74, 6) is 1.52. The fourth-order valence-electron chi connectivity index (χ4n) is 3.17. The van der Waals surface area contributed by atoms with Crippen LogP contribution in [0.3, 0.4) is 0 Å². The fraction of sp³-hybridized carbons (Fsp3) is 0.647. The molecule has 1 aromatic rings. The Morgan fingerprint density at radius 2 is 1.67 bits per heavy atom. The fourth-order valence-corrected chi connectivity index (χ4v) is 3.17. The Labute approximate surface area is 112 Å². The second-order valence-electron chi connectivity index (χ2n) is 6.54. The number of benzene rings is 1. The van der Waals surface area contributed by atoms with Gasteiger partial charge in [-0.25, -0.2) is 0 Å². The number of hydrogen-bond acceptors (Lipinski definition) is 1. The lowest BCUT2D eigenvalue weighted by atomic mass is 9.70. The second kappa shape index (κ2) is 5.05. The molecule has 1 aliphatic rings. The highest BCUT2D eigenvalue weighted by atomic mass is 14.7. The van der Waals surface area contributed by atoms with Gasteiger partial charge in [0.15, 0.2) is 0 Å². The number of nitrogens with two attached hydrogens (primary N) is 1. The van der Waals surface area contributed by atoms with E-state index >= 15 is 0 Å². The van der Waals surface area contributed by atoms with E-state index in [1.165, 1.54) is 42.4 Å². The van der Waals surface area contributed by atoms with Gasteiger partial charge in [-0.1, -0.05) is 38.0 Å². The lowest BCUT2D eigenvalue weighted by molar-refractivity contribution is 0.193. The van der Waals surface area contributed by atoms with Crippen LogP contribution in [0.25, 0.3) is 0 Å². The van der Waals surface area contributed by atoms with Gasteiger partial charge in [0, 0.05) is 5.54 Å². The first kappa shape index (κ1) is 13.6.